The summed E-state index contributed by atoms with van der Waals surface area (Å²) in [7, 11) is 2.84. The first-order valence-electron chi connectivity index (χ1n) is 6.29. The molecule has 0 N–H and O–H groups in total. The average molecular weight is 257 g/mol. The van der Waals surface area contributed by atoms with Gasteiger partial charge in [0.15, 0.2) is 0 Å². The normalized spacial score (nSPS) is 18.4. The minimum atomic E-state index is -0.507. The molecule has 18 heavy (non-hydrogen) atoms. The zero-order valence-electron chi connectivity index (χ0n) is 11.7. The summed E-state index contributed by atoms with van der Waals surface area (Å²) in [6, 6.07) is 0. The predicted octanol–water partition coefficient (Wildman–Crippen LogP) is 1.07. The van der Waals surface area contributed by atoms with Crippen molar-refractivity contribution >= 4 is 11.9 Å². The Kier molecular flexibility index (Phi) is 5.14. The van der Waals surface area contributed by atoms with Crippen LogP contribution in [0.15, 0.2) is 0 Å². The van der Waals surface area contributed by atoms with Crippen molar-refractivity contribution in [1.29, 1.82) is 0 Å². The number of ether oxygens (including phenoxy) is 2. The Hall–Kier alpha value is -1.10. The number of hydrogen-bond donors (Lipinski definition) is 0. The largest absolute Gasteiger partial charge is 0.469 e. The Morgan fingerprint density at radius 2 is 1.72 bits per heavy atom. The monoisotopic (exact) mass is 257 g/mol. The van der Waals surface area contributed by atoms with Gasteiger partial charge in [-0.1, -0.05) is 0 Å². The molecule has 0 radical (unpaired) electrons. The molecule has 0 atom stereocenters. The minimum absolute atomic E-state index is 0.00693. The first kappa shape index (κ1) is 15.0. The van der Waals surface area contributed by atoms with Crippen molar-refractivity contribution in [2.24, 2.45) is 11.3 Å². The molecule has 0 aromatic heterocycles. The molecular weight excluding hydrogens is 234 g/mol. The van der Waals surface area contributed by atoms with Crippen LogP contribution in [0.5, 0.6) is 0 Å². The number of rotatable bonds is 4. The highest BCUT2D eigenvalue weighted by molar-refractivity contribution is 5.76. The Morgan fingerprint density at radius 1 is 1.17 bits per heavy atom. The predicted molar refractivity (Wildman–Crippen MR) is 67.0 cm³/mol. The van der Waals surface area contributed by atoms with E-state index >= 15 is 0 Å². The lowest BCUT2D eigenvalue weighted by Gasteiger charge is -2.35. The van der Waals surface area contributed by atoms with Crippen LogP contribution in [0.3, 0.4) is 0 Å². The fraction of sp³-hybridized carbons (Fsp3) is 0.846. The Bertz CT molecular complexity index is 306. The van der Waals surface area contributed by atoms with Crippen LogP contribution in [0, 0.1) is 11.3 Å². The molecule has 5 nitrogen and oxygen atoms in total. The summed E-state index contributed by atoms with van der Waals surface area (Å²) in [5.41, 5.74) is -0.507. The van der Waals surface area contributed by atoms with Crippen LogP contribution in [0.2, 0.25) is 0 Å². The van der Waals surface area contributed by atoms with E-state index in [4.69, 9.17) is 9.47 Å². The van der Waals surface area contributed by atoms with Gasteiger partial charge in [0, 0.05) is 6.54 Å². The van der Waals surface area contributed by atoms with Crippen LogP contribution in [0.25, 0.3) is 0 Å². The van der Waals surface area contributed by atoms with Crippen molar-refractivity contribution in [3.8, 4) is 0 Å². The van der Waals surface area contributed by atoms with E-state index in [1.165, 1.54) is 14.2 Å². The summed E-state index contributed by atoms with van der Waals surface area (Å²) in [5.74, 6) is -0.313. The lowest BCUT2D eigenvalue weighted by Crippen LogP contribution is -2.44. The molecule has 1 saturated heterocycles. The van der Waals surface area contributed by atoms with Crippen LogP contribution in [-0.2, 0) is 19.1 Å². The Morgan fingerprint density at radius 3 is 2.17 bits per heavy atom. The summed E-state index contributed by atoms with van der Waals surface area (Å²) in [5, 5.41) is 0. The maximum atomic E-state index is 11.6. The first-order chi connectivity index (χ1) is 8.40. The molecule has 1 aliphatic rings. The summed E-state index contributed by atoms with van der Waals surface area (Å²) in [6.07, 6.45) is 1.59. The molecule has 0 bridgehead atoms. The van der Waals surface area contributed by atoms with Gasteiger partial charge in [-0.3, -0.25) is 9.59 Å². The van der Waals surface area contributed by atoms with Crippen molar-refractivity contribution in [3.05, 3.63) is 0 Å². The van der Waals surface area contributed by atoms with Crippen molar-refractivity contribution in [3.63, 3.8) is 0 Å². The lowest BCUT2D eigenvalue weighted by molar-refractivity contribution is -0.153. The molecule has 5 heteroatoms. The van der Waals surface area contributed by atoms with Gasteiger partial charge in [-0.15, -0.1) is 0 Å². The molecule has 1 fully saturated rings. The first-order valence-corrected chi connectivity index (χ1v) is 6.29. The van der Waals surface area contributed by atoms with Gasteiger partial charge in [0.2, 0.25) is 0 Å². The van der Waals surface area contributed by atoms with Crippen LogP contribution in [-0.4, -0.2) is 50.7 Å². The highest BCUT2D eigenvalue weighted by Crippen LogP contribution is 2.24. The highest BCUT2D eigenvalue weighted by atomic mass is 16.5. The number of likely N-dealkylation sites (tertiary alicyclic amines) is 1. The maximum Gasteiger partial charge on any atom is 0.312 e. The molecule has 104 valence electrons. The van der Waals surface area contributed by atoms with Gasteiger partial charge in [-0.2, -0.15) is 0 Å². The van der Waals surface area contributed by atoms with E-state index in [-0.39, 0.29) is 17.9 Å². The second-order valence-corrected chi connectivity index (χ2v) is 5.45. The second kappa shape index (κ2) is 6.18. The average Bonchev–Trinajstić information content (AvgIpc) is 2.37. The molecule has 0 saturated carbocycles. The van der Waals surface area contributed by atoms with Crippen LogP contribution in [0.4, 0.5) is 0 Å². The van der Waals surface area contributed by atoms with Gasteiger partial charge in [0.1, 0.15) is 0 Å². The van der Waals surface area contributed by atoms with Crippen LogP contribution < -0.4 is 0 Å². The third kappa shape index (κ3) is 3.70. The summed E-state index contributed by atoms with van der Waals surface area (Å²) >= 11 is 0. The number of hydrogen-bond acceptors (Lipinski definition) is 5. The quantitative estimate of drug-likeness (QED) is 0.705. The smallest absolute Gasteiger partial charge is 0.312 e. The van der Waals surface area contributed by atoms with Gasteiger partial charge < -0.3 is 14.4 Å². The van der Waals surface area contributed by atoms with Crippen molar-refractivity contribution in [1.82, 2.24) is 4.90 Å². The van der Waals surface area contributed by atoms with Gasteiger partial charge in [0.05, 0.1) is 25.6 Å². The third-order valence-electron chi connectivity index (χ3n) is 3.48. The summed E-state index contributed by atoms with van der Waals surface area (Å²) in [6.45, 7) is 6.06. The minimum Gasteiger partial charge on any atom is -0.469 e. The fourth-order valence-electron chi connectivity index (χ4n) is 2.39. The third-order valence-corrected chi connectivity index (χ3v) is 3.48. The molecule has 1 rings (SSSR count). The molecule has 0 amide bonds. The molecule has 0 aliphatic carbocycles. The standard InChI is InChI=1S/C13H23NO4/c1-13(2,12(16)18-4)9-14-7-5-10(6-8-14)11(15)17-3/h10H,5-9H2,1-4H3. The molecule has 0 aromatic carbocycles. The summed E-state index contributed by atoms with van der Waals surface area (Å²) < 4.78 is 9.54. The topological polar surface area (TPSA) is 55.8 Å². The van der Waals surface area contributed by atoms with Crippen molar-refractivity contribution in [2.45, 2.75) is 26.7 Å². The van der Waals surface area contributed by atoms with E-state index in [1.807, 2.05) is 13.8 Å². The van der Waals surface area contributed by atoms with Gasteiger partial charge >= 0.3 is 11.9 Å². The number of esters is 2. The number of carbonyl (C=O) groups excluding carboxylic acids is 2. The van der Waals surface area contributed by atoms with Gasteiger partial charge in [-0.25, -0.2) is 0 Å². The Labute approximate surface area is 108 Å². The van der Waals surface area contributed by atoms with Crippen molar-refractivity contribution in [2.75, 3.05) is 33.9 Å². The van der Waals surface area contributed by atoms with E-state index in [1.54, 1.807) is 0 Å². The van der Waals surface area contributed by atoms with Crippen LogP contribution >= 0.6 is 0 Å². The molecule has 1 heterocycles. The van der Waals surface area contributed by atoms with E-state index in [0.29, 0.717) is 6.54 Å². The van der Waals surface area contributed by atoms with Gasteiger partial charge in [0.25, 0.3) is 0 Å². The fourth-order valence-corrected chi connectivity index (χ4v) is 2.39. The molecule has 0 unspecified atom stereocenters. The Balaban J connectivity index is 2.44. The zero-order valence-corrected chi connectivity index (χ0v) is 11.7. The number of nitrogens with zero attached hydrogens (tertiary/aromatic N) is 1. The van der Waals surface area contributed by atoms with E-state index in [9.17, 15) is 9.59 Å². The van der Waals surface area contributed by atoms with Crippen LogP contribution in [0.1, 0.15) is 26.7 Å². The lowest BCUT2D eigenvalue weighted by atomic mass is 9.90. The number of carbonyl (C=O) groups is 2. The van der Waals surface area contributed by atoms with E-state index in [0.717, 1.165) is 25.9 Å². The number of piperidine rings is 1. The SMILES string of the molecule is COC(=O)C1CCN(CC(C)(C)C(=O)OC)CC1. The molecule has 0 aromatic rings. The van der Waals surface area contributed by atoms with Gasteiger partial charge in [-0.05, 0) is 39.8 Å². The highest BCUT2D eigenvalue weighted by Gasteiger charge is 2.33. The van der Waals surface area contributed by atoms with E-state index in [2.05, 4.69) is 4.90 Å². The van der Waals surface area contributed by atoms with Crippen molar-refractivity contribution < 1.29 is 19.1 Å². The number of methoxy groups -OCH3 is 2. The molecule has 1 aliphatic heterocycles. The molecular formula is C13H23NO4. The van der Waals surface area contributed by atoms with E-state index < -0.39 is 5.41 Å². The summed E-state index contributed by atoms with van der Waals surface area (Å²) in [4.78, 5) is 25.2. The second-order valence-electron chi connectivity index (χ2n) is 5.45. The maximum absolute atomic E-state index is 11.6. The molecule has 0 spiro atoms. The zero-order chi connectivity index (χ0) is 13.8.